The maximum atomic E-state index is 5.28. The van der Waals surface area contributed by atoms with Crippen LogP contribution in [-0.4, -0.2) is 19.1 Å². The number of halogens is 1. The molecule has 2 N–H and O–H groups in total. The third-order valence-electron chi connectivity index (χ3n) is 0.512. The minimum Gasteiger partial charge on any atom is -0.382 e. The van der Waals surface area contributed by atoms with E-state index in [4.69, 9.17) is 17.3 Å². The Morgan fingerprint density at radius 2 is 2.33 bits per heavy atom. The standard InChI is InChI=1S/C5H8ClN3/c1-4(6)9-5(7)3-8-2/h3H,1H2,2H3,(H2,7,9)/b8-3-. The van der Waals surface area contributed by atoms with Crippen LogP contribution in [0.15, 0.2) is 21.7 Å². The molecule has 0 spiro atoms. The van der Waals surface area contributed by atoms with Gasteiger partial charge in [0.05, 0.1) is 6.21 Å². The summed E-state index contributed by atoms with van der Waals surface area (Å²) in [6.45, 7) is 3.31. The van der Waals surface area contributed by atoms with Gasteiger partial charge in [0.15, 0.2) is 0 Å². The molecule has 0 aliphatic carbocycles. The summed E-state index contributed by atoms with van der Waals surface area (Å²) in [6, 6.07) is 0. The van der Waals surface area contributed by atoms with Crippen molar-refractivity contribution in [3.63, 3.8) is 0 Å². The zero-order valence-corrected chi connectivity index (χ0v) is 5.89. The maximum absolute atomic E-state index is 5.28. The number of hydrogen-bond donors (Lipinski definition) is 1. The first kappa shape index (κ1) is 8.17. The molecule has 0 unspecified atom stereocenters. The molecule has 0 aromatic carbocycles. The van der Waals surface area contributed by atoms with E-state index in [0.717, 1.165) is 0 Å². The van der Waals surface area contributed by atoms with E-state index < -0.39 is 0 Å². The average Bonchev–Trinajstić information content (AvgIpc) is 1.63. The van der Waals surface area contributed by atoms with Crippen LogP contribution in [0, 0.1) is 0 Å². The van der Waals surface area contributed by atoms with E-state index in [1.54, 1.807) is 7.05 Å². The molecule has 0 rings (SSSR count). The van der Waals surface area contributed by atoms with Crippen LogP contribution in [0.3, 0.4) is 0 Å². The van der Waals surface area contributed by atoms with Crippen molar-refractivity contribution in [1.29, 1.82) is 0 Å². The molecule has 0 aromatic rings. The number of nitrogens with zero attached hydrogens (tertiary/aromatic N) is 2. The van der Waals surface area contributed by atoms with Gasteiger partial charge in [-0.2, -0.15) is 0 Å². The minimum absolute atomic E-state index is 0.160. The van der Waals surface area contributed by atoms with Crippen molar-refractivity contribution in [2.75, 3.05) is 7.05 Å². The molecule has 4 heteroatoms. The molecule has 0 aliphatic heterocycles. The van der Waals surface area contributed by atoms with Gasteiger partial charge in [0.25, 0.3) is 0 Å². The second-order valence-corrected chi connectivity index (χ2v) is 1.74. The Bertz CT molecular complexity index is 160. The lowest BCUT2D eigenvalue weighted by Gasteiger charge is -1.86. The summed E-state index contributed by atoms with van der Waals surface area (Å²) in [7, 11) is 1.60. The fourth-order valence-corrected chi connectivity index (χ4v) is 0.399. The fraction of sp³-hybridized carbons (Fsp3) is 0.200. The summed E-state index contributed by atoms with van der Waals surface area (Å²) in [5.41, 5.74) is 5.24. The van der Waals surface area contributed by atoms with Crippen LogP contribution in [-0.2, 0) is 0 Å². The number of rotatable bonds is 2. The van der Waals surface area contributed by atoms with Crippen LogP contribution in [0.25, 0.3) is 0 Å². The highest BCUT2D eigenvalue weighted by Crippen LogP contribution is 1.95. The molecule has 0 aromatic heterocycles. The molecular weight excluding hydrogens is 138 g/mol. The zero-order valence-electron chi connectivity index (χ0n) is 5.13. The summed E-state index contributed by atoms with van der Waals surface area (Å²) in [4.78, 5) is 7.19. The Balaban J connectivity index is 4.00. The van der Waals surface area contributed by atoms with Crippen molar-refractivity contribution >= 4 is 23.7 Å². The number of nitrogens with two attached hydrogens (primary N) is 1. The number of aliphatic imine (C=N–C) groups is 2. The highest BCUT2D eigenvalue weighted by Gasteiger charge is 1.83. The molecule has 0 saturated heterocycles. The van der Waals surface area contributed by atoms with Gasteiger partial charge in [0, 0.05) is 7.05 Å². The highest BCUT2D eigenvalue weighted by molar-refractivity contribution is 6.34. The third kappa shape index (κ3) is 5.03. The van der Waals surface area contributed by atoms with Crippen LogP contribution in [0.1, 0.15) is 0 Å². The quantitative estimate of drug-likeness (QED) is 0.348. The van der Waals surface area contributed by atoms with E-state index in [1.165, 1.54) is 6.21 Å². The summed E-state index contributed by atoms with van der Waals surface area (Å²) < 4.78 is 0. The number of hydrogen-bond acceptors (Lipinski definition) is 2. The van der Waals surface area contributed by atoms with Crippen LogP contribution >= 0.6 is 11.6 Å². The van der Waals surface area contributed by atoms with Crippen LogP contribution in [0.4, 0.5) is 0 Å². The van der Waals surface area contributed by atoms with Crippen LogP contribution < -0.4 is 5.73 Å². The smallest absolute Gasteiger partial charge is 0.143 e. The van der Waals surface area contributed by atoms with E-state index in [1.807, 2.05) is 0 Å². The Labute approximate surface area is 58.9 Å². The predicted octanol–water partition coefficient (Wildman–Crippen LogP) is 0.754. The van der Waals surface area contributed by atoms with Crippen LogP contribution in [0.2, 0.25) is 0 Å². The normalized spacial score (nSPS) is 12.4. The summed E-state index contributed by atoms with van der Waals surface area (Å²) in [5, 5.41) is 0.160. The van der Waals surface area contributed by atoms with Gasteiger partial charge in [0.2, 0.25) is 0 Å². The lowest BCUT2D eigenvalue weighted by atomic mass is 10.6. The van der Waals surface area contributed by atoms with Crippen molar-refractivity contribution in [2.45, 2.75) is 0 Å². The summed E-state index contributed by atoms with van der Waals surface area (Å²) in [6.07, 6.45) is 1.40. The number of amidine groups is 1. The van der Waals surface area contributed by atoms with E-state index in [2.05, 4.69) is 16.6 Å². The predicted molar refractivity (Wildman–Crippen MR) is 41.0 cm³/mol. The summed E-state index contributed by atoms with van der Waals surface area (Å²) in [5.74, 6) is 0.262. The van der Waals surface area contributed by atoms with Crippen molar-refractivity contribution in [3.8, 4) is 0 Å². The Morgan fingerprint density at radius 1 is 1.78 bits per heavy atom. The lowest BCUT2D eigenvalue weighted by molar-refractivity contribution is 1.45. The second-order valence-electron chi connectivity index (χ2n) is 1.30. The van der Waals surface area contributed by atoms with Gasteiger partial charge in [0.1, 0.15) is 11.0 Å². The first-order valence-electron chi connectivity index (χ1n) is 2.27. The van der Waals surface area contributed by atoms with E-state index in [0.29, 0.717) is 0 Å². The summed E-state index contributed by atoms with van der Waals surface area (Å²) >= 11 is 5.28. The minimum atomic E-state index is 0.160. The van der Waals surface area contributed by atoms with Gasteiger partial charge in [-0.05, 0) is 0 Å². The Morgan fingerprint density at radius 3 is 2.67 bits per heavy atom. The van der Waals surface area contributed by atoms with Crippen LogP contribution in [0.5, 0.6) is 0 Å². The maximum Gasteiger partial charge on any atom is 0.143 e. The molecule has 50 valence electrons. The van der Waals surface area contributed by atoms with Gasteiger partial charge >= 0.3 is 0 Å². The van der Waals surface area contributed by atoms with E-state index in [-0.39, 0.29) is 11.0 Å². The Kier molecular flexibility index (Phi) is 3.71. The third-order valence-corrected chi connectivity index (χ3v) is 0.596. The monoisotopic (exact) mass is 145 g/mol. The fourth-order valence-electron chi connectivity index (χ4n) is 0.301. The molecule has 0 amide bonds. The molecule has 9 heavy (non-hydrogen) atoms. The second kappa shape index (κ2) is 4.09. The SMILES string of the molecule is C=C(Cl)/N=C(N)\C=N/C. The molecule has 0 heterocycles. The van der Waals surface area contributed by atoms with Gasteiger partial charge in [-0.3, -0.25) is 4.99 Å². The van der Waals surface area contributed by atoms with Crippen molar-refractivity contribution in [2.24, 2.45) is 15.7 Å². The van der Waals surface area contributed by atoms with Crippen molar-refractivity contribution in [3.05, 3.63) is 11.7 Å². The van der Waals surface area contributed by atoms with Gasteiger partial charge in [-0.25, -0.2) is 4.99 Å². The first-order valence-corrected chi connectivity index (χ1v) is 2.65. The largest absolute Gasteiger partial charge is 0.382 e. The average molecular weight is 146 g/mol. The molecule has 0 fully saturated rings. The van der Waals surface area contributed by atoms with Gasteiger partial charge in [-0.1, -0.05) is 18.2 Å². The molecule has 0 aliphatic rings. The van der Waals surface area contributed by atoms with Crippen molar-refractivity contribution < 1.29 is 0 Å². The highest BCUT2D eigenvalue weighted by atomic mass is 35.5. The van der Waals surface area contributed by atoms with E-state index in [9.17, 15) is 0 Å². The topological polar surface area (TPSA) is 50.7 Å². The molecule has 0 radical (unpaired) electrons. The first-order chi connectivity index (χ1) is 4.16. The lowest BCUT2D eigenvalue weighted by Crippen LogP contribution is -2.12. The zero-order chi connectivity index (χ0) is 7.28. The van der Waals surface area contributed by atoms with Gasteiger partial charge in [-0.15, -0.1) is 0 Å². The molecule has 0 bridgehead atoms. The van der Waals surface area contributed by atoms with Gasteiger partial charge < -0.3 is 5.73 Å². The Hall–Kier alpha value is -0.830. The molecular formula is C5H8ClN3. The van der Waals surface area contributed by atoms with E-state index >= 15 is 0 Å². The molecule has 0 atom stereocenters. The molecule has 3 nitrogen and oxygen atoms in total. The molecule has 0 saturated carbocycles. The van der Waals surface area contributed by atoms with Crippen molar-refractivity contribution in [1.82, 2.24) is 0 Å².